The molecule has 1 amide bonds. The maximum atomic E-state index is 13.4. The van der Waals surface area contributed by atoms with E-state index in [1.807, 2.05) is 32.9 Å². The Bertz CT molecular complexity index is 1020. The minimum atomic E-state index is -0.771. The molecule has 0 spiro atoms. The van der Waals surface area contributed by atoms with Gasteiger partial charge in [-0.1, -0.05) is 42.8 Å². The van der Waals surface area contributed by atoms with Crippen LogP contribution in [-0.4, -0.2) is 52.8 Å². The van der Waals surface area contributed by atoms with E-state index < -0.39 is 47.9 Å². The molecule has 2 heterocycles. The lowest BCUT2D eigenvalue weighted by Gasteiger charge is -2.34. The second-order valence-electron chi connectivity index (χ2n) is 10.6. The van der Waals surface area contributed by atoms with Gasteiger partial charge in [-0.3, -0.25) is 4.90 Å². The number of hydrogen-bond donors (Lipinski definition) is 0. The molecule has 7 nitrogen and oxygen atoms in total. The zero-order chi connectivity index (χ0) is 24.7. The summed E-state index contributed by atoms with van der Waals surface area (Å²) in [6.45, 7) is 5.47. The van der Waals surface area contributed by atoms with Crippen molar-refractivity contribution in [1.29, 1.82) is 0 Å². The van der Waals surface area contributed by atoms with Gasteiger partial charge in [-0.25, -0.2) is 14.4 Å². The van der Waals surface area contributed by atoms with E-state index in [0.29, 0.717) is 11.1 Å². The van der Waals surface area contributed by atoms with Gasteiger partial charge in [0.15, 0.2) is 12.2 Å². The highest BCUT2D eigenvalue weighted by atomic mass is 16.6. The molecule has 1 aliphatic carbocycles. The molecule has 2 saturated heterocycles. The lowest BCUT2D eigenvalue weighted by atomic mass is 9.78. The third-order valence-electron chi connectivity index (χ3n) is 7.25. The minimum absolute atomic E-state index is 0.174. The Kier molecular flexibility index (Phi) is 6.03. The standard InChI is InChI=1S/C28H31NO6/c1-28(2,3)35-27(32)29-21-19-15-10-16-20(19)22(29)24(34-26(31)18-13-8-5-9-14-18)23(21)33-25(30)17-11-6-4-7-12-17/h4-9,11-14,19-24H,10,15-16H2,1-3H3. The first-order valence-electron chi connectivity index (χ1n) is 12.3. The molecule has 0 aromatic heterocycles. The monoisotopic (exact) mass is 477 g/mol. The smallest absolute Gasteiger partial charge is 0.411 e. The summed E-state index contributed by atoms with van der Waals surface area (Å²) in [5.41, 5.74) is 0.145. The predicted molar refractivity (Wildman–Crippen MR) is 128 cm³/mol. The molecule has 184 valence electrons. The van der Waals surface area contributed by atoms with Crippen molar-refractivity contribution in [2.45, 2.75) is 69.9 Å². The Morgan fingerprint density at radius 3 is 1.57 bits per heavy atom. The Hall–Kier alpha value is -3.35. The van der Waals surface area contributed by atoms with Gasteiger partial charge < -0.3 is 14.2 Å². The van der Waals surface area contributed by atoms with Gasteiger partial charge >= 0.3 is 18.0 Å². The molecular weight excluding hydrogens is 446 g/mol. The third-order valence-corrected chi connectivity index (χ3v) is 7.25. The van der Waals surface area contributed by atoms with Crippen LogP contribution in [0, 0.1) is 11.8 Å². The van der Waals surface area contributed by atoms with Gasteiger partial charge in [0.2, 0.25) is 0 Å². The van der Waals surface area contributed by atoms with E-state index >= 15 is 0 Å². The van der Waals surface area contributed by atoms with Crippen LogP contribution in [0.4, 0.5) is 4.79 Å². The van der Waals surface area contributed by atoms with E-state index in [2.05, 4.69) is 0 Å². The molecule has 7 heteroatoms. The van der Waals surface area contributed by atoms with Gasteiger partial charge in [0.05, 0.1) is 23.2 Å². The fourth-order valence-corrected chi connectivity index (χ4v) is 6.03. The van der Waals surface area contributed by atoms with Crippen LogP contribution in [0.25, 0.3) is 0 Å². The average molecular weight is 478 g/mol. The summed E-state index contributed by atoms with van der Waals surface area (Å²) in [4.78, 5) is 41.2. The van der Waals surface area contributed by atoms with E-state index in [1.165, 1.54) is 0 Å². The van der Waals surface area contributed by atoms with Crippen molar-refractivity contribution in [1.82, 2.24) is 4.90 Å². The summed E-state index contributed by atoms with van der Waals surface area (Å²) in [6, 6.07) is 16.7. The molecule has 3 fully saturated rings. The first-order valence-corrected chi connectivity index (χ1v) is 12.3. The number of carbonyl (C=O) groups excluding carboxylic acids is 3. The van der Waals surface area contributed by atoms with E-state index in [0.717, 1.165) is 19.3 Å². The van der Waals surface area contributed by atoms with Crippen LogP contribution in [0.15, 0.2) is 60.7 Å². The SMILES string of the molecule is CC(C)(C)OC(=O)N1C2C3CCCC3C1C(OC(=O)c1ccccc1)C2OC(=O)c1ccccc1. The van der Waals surface area contributed by atoms with E-state index in [4.69, 9.17) is 14.2 Å². The van der Waals surface area contributed by atoms with Crippen LogP contribution in [0.5, 0.6) is 0 Å². The highest BCUT2D eigenvalue weighted by Gasteiger charge is 2.68. The number of ether oxygens (including phenoxy) is 3. The first kappa shape index (κ1) is 23.4. The van der Waals surface area contributed by atoms with Crippen LogP contribution in [0.3, 0.4) is 0 Å². The van der Waals surface area contributed by atoms with Gasteiger partial charge in [-0.15, -0.1) is 0 Å². The van der Waals surface area contributed by atoms with E-state index in [9.17, 15) is 14.4 Å². The average Bonchev–Trinajstić information content (AvgIpc) is 3.50. The van der Waals surface area contributed by atoms with E-state index in [-0.39, 0.29) is 11.8 Å². The summed E-state index contributed by atoms with van der Waals surface area (Å²) in [5.74, 6) is -0.647. The van der Waals surface area contributed by atoms with Gasteiger partial charge in [0.25, 0.3) is 0 Å². The molecule has 2 bridgehead atoms. The molecule has 35 heavy (non-hydrogen) atoms. The molecule has 3 aliphatic rings. The molecule has 2 aromatic carbocycles. The lowest BCUT2D eigenvalue weighted by Crippen LogP contribution is -2.49. The molecule has 0 radical (unpaired) electrons. The van der Waals surface area contributed by atoms with Gasteiger partial charge in [-0.2, -0.15) is 0 Å². The fraction of sp³-hybridized carbons (Fsp3) is 0.464. The largest absolute Gasteiger partial charge is 0.452 e. The van der Waals surface area contributed by atoms with Crippen molar-refractivity contribution in [3.63, 3.8) is 0 Å². The summed E-state index contributed by atoms with van der Waals surface area (Å²) < 4.78 is 17.8. The van der Waals surface area contributed by atoms with Crippen LogP contribution in [0.2, 0.25) is 0 Å². The van der Waals surface area contributed by atoms with Crippen molar-refractivity contribution >= 4 is 18.0 Å². The quantitative estimate of drug-likeness (QED) is 0.462. The predicted octanol–water partition coefficient (Wildman–Crippen LogP) is 4.86. The van der Waals surface area contributed by atoms with Crippen molar-refractivity contribution in [3.8, 4) is 0 Å². The van der Waals surface area contributed by atoms with Crippen LogP contribution in [0.1, 0.15) is 60.7 Å². The number of esters is 2. The molecule has 2 aromatic rings. The Morgan fingerprint density at radius 1 is 0.743 bits per heavy atom. The number of benzene rings is 2. The zero-order valence-corrected chi connectivity index (χ0v) is 20.3. The second kappa shape index (κ2) is 9.02. The molecule has 0 N–H and O–H groups in total. The Morgan fingerprint density at radius 2 is 1.17 bits per heavy atom. The molecule has 6 atom stereocenters. The highest BCUT2D eigenvalue weighted by molar-refractivity contribution is 5.90. The molecular formula is C28H31NO6. The normalized spacial score (nSPS) is 28.9. The Labute approximate surface area is 205 Å². The molecule has 1 saturated carbocycles. The van der Waals surface area contributed by atoms with Crippen LogP contribution >= 0.6 is 0 Å². The van der Waals surface area contributed by atoms with Crippen molar-refractivity contribution in [2.75, 3.05) is 0 Å². The maximum Gasteiger partial charge on any atom is 0.411 e. The topological polar surface area (TPSA) is 82.1 Å². The number of carbonyl (C=O) groups is 3. The van der Waals surface area contributed by atoms with E-state index in [1.54, 1.807) is 53.4 Å². The number of fused-ring (bicyclic) bond motifs is 5. The number of rotatable bonds is 4. The van der Waals surface area contributed by atoms with Crippen LogP contribution in [-0.2, 0) is 14.2 Å². The third kappa shape index (κ3) is 4.40. The summed E-state index contributed by atoms with van der Waals surface area (Å²) >= 11 is 0. The lowest BCUT2D eigenvalue weighted by molar-refractivity contribution is -0.0540. The summed E-state index contributed by atoms with van der Waals surface area (Å²) in [7, 11) is 0. The number of nitrogens with zero attached hydrogens (tertiary/aromatic N) is 1. The van der Waals surface area contributed by atoms with Gasteiger partial charge in [0, 0.05) is 0 Å². The summed E-state index contributed by atoms with van der Waals surface area (Å²) in [5, 5.41) is 0. The minimum Gasteiger partial charge on any atom is -0.452 e. The zero-order valence-electron chi connectivity index (χ0n) is 20.3. The molecule has 2 aliphatic heterocycles. The highest BCUT2D eigenvalue weighted by Crippen LogP contribution is 2.55. The van der Waals surface area contributed by atoms with Crippen molar-refractivity contribution in [2.24, 2.45) is 11.8 Å². The number of amides is 1. The molecule has 6 unspecified atom stereocenters. The van der Waals surface area contributed by atoms with Crippen LogP contribution < -0.4 is 0 Å². The first-order chi connectivity index (χ1) is 16.7. The summed E-state index contributed by atoms with van der Waals surface area (Å²) in [6.07, 6.45) is 0.900. The molecule has 5 rings (SSSR count). The Balaban J connectivity index is 1.49. The number of hydrogen-bond acceptors (Lipinski definition) is 6. The van der Waals surface area contributed by atoms with Gasteiger partial charge in [0.1, 0.15) is 5.60 Å². The fourth-order valence-electron chi connectivity index (χ4n) is 6.03. The maximum absolute atomic E-state index is 13.4. The van der Waals surface area contributed by atoms with Crippen molar-refractivity contribution < 1.29 is 28.6 Å². The second-order valence-corrected chi connectivity index (χ2v) is 10.6. The van der Waals surface area contributed by atoms with Gasteiger partial charge in [-0.05, 0) is 69.7 Å². The van der Waals surface area contributed by atoms with Crippen molar-refractivity contribution in [3.05, 3.63) is 71.8 Å².